The number of para-hydroxylation sites is 2. The molecule has 0 bridgehead atoms. The first-order valence-electron chi connectivity index (χ1n) is 11.1. The molecule has 1 unspecified atom stereocenters. The van der Waals surface area contributed by atoms with Gasteiger partial charge in [-0.25, -0.2) is 0 Å². The number of benzene rings is 2. The molecule has 2 aliphatic rings. The largest absolute Gasteiger partial charge is 0.457 e. The molecule has 1 atom stereocenters. The van der Waals surface area contributed by atoms with E-state index in [1.807, 2.05) is 66.5 Å². The topological polar surface area (TPSA) is 47.4 Å². The molecule has 5 nitrogen and oxygen atoms in total. The number of hydrogen-bond donors (Lipinski definition) is 0. The van der Waals surface area contributed by atoms with Crippen LogP contribution in [0.4, 0.5) is 0 Å². The molecule has 0 radical (unpaired) electrons. The highest BCUT2D eigenvalue weighted by atomic mass is 16.5. The number of likely N-dealkylation sites (tertiary alicyclic amines) is 1. The second kappa shape index (κ2) is 8.42. The lowest BCUT2D eigenvalue weighted by Gasteiger charge is -2.38. The number of ether oxygens (including phenoxy) is 1. The van der Waals surface area contributed by atoms with Gasteiger partial charge in [0.2, 0.25) is 0 Å². The van der Waals surface area contributed by atoms with Gasteiger partial charge in [-0.05, 0) is 62.3 Å². The van der Waals surface area contributed by atoms with Crippen molar-refractivity contribution in [3.05, 3.63) is 78.1 Å². The van der Waals surface area contributed by atoms with Gasteiger partial charge >= 0.3 is 0 Å². The molecule has 1 saturated heterocycles. The quantitative estimate of drug-likeness (QED) is 0.543. The predicted octanol–water partition coefficient (Wildman–Crippen LogP) is 5.80. The van der Waals surface area contributed by atoms with Crippen LogP contribution in [0.25, 0.3) is 11.3 Å². The van der Waals surface area contributed by atoms with Crippen molar-refractivity contribution in [2.75, 3.05) is 6.54 Å². The van der Waals surface area contributed by atoms with Crippen LogP contribution < -0.4 is 4.74 Å². The molecule has 0 saturated carbocycles. The Morgan fingerprint density at radius 3 is 2.68 bits per heavy atom. The zero-order valence-corrected chi connectivity index (χ0v) is 17.8. The zero-order valence-electron chi connectivity index (χ0n) is 17.8. The van der Waals surface area contributed by atoms with E-state index in [9.17, 15) is 4.79 Å². The number of aromatic nitrogens is 2. The second-order valence-corrected chi connectivity index (χ2v) is 8.30. The highest BCUT2D eigenvalue weighted by Crippen LogP contribution is 2.39. The van der Waals surface area contributed by atoms with Crippen LogP contribution in [-0.4, -0.2) is 27.1 Å². The van der Waals surface area contributed by atoms with Crippen molar-refractivity contribution in [3.63, 3.8) is 0 Å². The molecule has 1 aromatic heterocycles. The molecule has 158 valence electrons. The SMILES string of the molecule is Cn1ncc(C(=O)N2CCCC3CCCC=C32)c1-c1ccccc1Oc1ccccc1. The first-order chi connectivity index (χ1) is 15.2. The van der Waals surface area contributed by atoms with E-state index >= 15 is 0 Å². The summed E-state index contributed by atoms with van der Waals surface area (Å²) < 4.78 is 7.95. The molecule has 31 heavy (non-hydrogen) atoms. The van der Waals surface area contributed by atoms with E-state index in [1.165, 1.54) is 25.0 Å². The van der Waals surface area contributed by atoms with Gasteiger partial charge in [0.25, 0.3) is 5.91 Å². The molecule has 5 rings (SSSR count). The number of rotatable bonds is 4. The van der Waals surface area contributed by atoms with Gasteiger partial charge in [0.15, 0.2) is 0 Å². The van der Waals surface area contributed by atoms with E-state index in [0.717, 1.165) is 36.4 Å². The Labute approximate surface area is 183 Å². The Balaban J connectivity index is 1.53. The summed E-state index contributed by atoms with van der Waals surface area (Å²) in [5.41, 5.74) is 3.49. The van der Waals surface area contributed by atoms with Crippen molar-refractivity contribution in [1.29, 1.82) is 0 Å². The van der Waals surface area contributed by atoms with Crippen LogP contribution in [0.2, 0.25) is 0 Å². The van der Waals surface area contributed by atoms with Gasteiger partial charge in [0.1, 0.15) is 11.5 Å². The molecule has 5 heteroatoms. The zero-order chi connectivity index (χ0) is 21.2. The van der Waals surface area contributed by atoms with Gasteiger partial charge in [-0.2, -0.15) is 5.10 Å². The van der Waals surface area contributed by atoms with E-state index in [1.54, 1.807) is 10.9 Å². The average molecular weight is 414 g/mol. The van der Waals surface area contributed by atoms with Gasteiger partial charge in [-0.15, -0.1) is 0 Å². The summed E-state index contributed by atoms with van der Waals surface area (Å²) in [6.45, 7) is 0.775. The van der Waals surface area contributed by atoms with Gasteiger partial charge in [-0.1, -0.05) is 36.4 Å². The maximum Gasteiger partial charge on any atom is 0.261 e. The fourth-order valence-corrected chi connectivity index (χ4v) is 4.82. The molecule has 1 aliphatic heterocycles. The van der Waals surface area contributed by atoms with Crippen molar-refractivity contribution in [3.8, 4) is 22.8 Å². The minimum absolute atomic E-state index is 0.0375. The minimum Gasteiger partial charge on any atom is -0.457 e. The highest BCUT2D eigenvalue weighted by Gasteiger charge is 2.33. The average Bonchev–Trinajstić information content (AvgIpc) is 3.20. The van der Waals surface area contributed by atoms with Crippen molar-refractivity contribution in [2.24, 2.45) is 13.0 Å². The minimum atomic E-state index is 0.0375. The number of carbonyl (C=O) groups excluding carboxylic acids is 1. The van der Waals surface area contributed by atoms with Crippen LogP contribution >= 0.6 is 0 Å². The lowest BCUT2D eigenvalue weighted by Crippen LogP contribution is -2.39. The summed E-state index contributed by atoms with van der Waals surface area (Å²) in [7, 11) is 1.88. The Morgan fingerprint density at radius 1 is 1.03 bits per heavy atom. The molecule has 2 heterocycles. The maximum atomic E-state index is 13.7. The van der Waals surface area contributed by atoms with Gasteiger partial charge in [-0.3, -0.25) is 9.48 Å². The molecular formula is C26H27N3O2. The van der Waals surface area contributed by atoms with Crippen LogP contribution in [0.1, 0.15) is 42.5 Å². The van der Waals surface area contributed by atoms with Gasteiger partial charge < -0.3 is 9.64 Å². The Hall–Kier alpha value is -3.34. The Morgan fingerprint density at radius 2 is 1.81 bits per heavy atom. The summed E-state index contributed by atoms with van der Waals surface area (Å²) in [6, 6.07) is 17.5. The number of nitrogens with zero attached hydrogens (tertiary/aromatic N) is 3. The third kappa shape index (κ3) is 3.76. The normalized spacial score (nSPS) is 18.3. The van der Waals surface area contributed by atoms with E-state index in [0.29, 0.717) is 17.2 Å². The van der Waals surface area contributed by atoms with Gasteiger partial charge in [0.05, 0.1) is 17.5 Å². The summed E-state index contributed by atoms with van der Waals surface area (Å²) in [5, 5.41) is 4.46. The number of carbonyl (C=O) groups is 1. The number of allylic oxidation sites excluding steroid dienone is 2. The maximum absolute atomic E-state index is 13.7. The van der Waals surface area contributed by atoms with E-state index in [-0.39, 0.29) is 5.91 Å². The number of aryl methyl sites for hydroxylation is 1. The van der Waals surface area contributed by atoms with E-state index in [2.05, 4.69) is 11.2 Å². The lowest BCUT2D eigenvalue weighted by atomic mass is 9.84. The third-order valence-electron chi connectivity index (χ3n) is 6.30. The summed E-state index contributed by atoms with van der Waals surface area (Å²) in [6.07, 6.45) is 9.67. The van der Waals surface area contributed by atoms with Crippen molar-refractivity contribution in [1.82, 2.24) is 14.7 Å². The first-order valence-corrected chi connectivity index (χ1v) is 11.1. The number of fused-ring (bicyclic) bond motifs is 1. The van der Waals surface area contributed by atoms with Crippen molar-refractivity contribution in [2.45, 2.75) is 32.1 Å². The Bertz CT molecular complexity index is 1120. The predicted molar refractivity (Wildman–Crippen MR) is 121 cm³/mol. The van der Waals surface area contributed by atoms with Crippen LogP contribution in [0.15, 0.2) is 72.6 Å². The molecule has 0 spiro atoms. The Kier molecular flexibility index (Phi) is 5.33. The summed E-state index contributed by atoms with van der Waals surface area (Å²) >= 11 is 0. The third-order valence-corrected chi connectivity index (χ3v) is 6.30. The molecule has 1 amide bonds. The number of piperidine rings is 1. The first kappa shape index (κ1) is 19.6. The van der Waals surface area contributed by atoms with E-state index in [4.69, 9.17) is 4.74 Å². The monoisotopic (exact) mass is 413 g/mol. The lowest BCUT2D eigenvalue weighted by molar-refractivity contribution is 0.0749. The molecule has 0 N–H and O–H groups in total. The molecular weight excluding hydrogens is 386 g/mol. The summed E-state index contributed by atoms with van der Waals surface area (Å²) in [5.74, 6) is 2.02. The van der Waals surface area contributed by atoms with Crippen molar-refractivity contribution >= 4 is 5.91 Å². The van der Waals surface area contributed by atoms with Gasteiger partial charge in [0, 0.05) is 24.9 Å². The fourth-order valence-electron chi connectivity index (χ4n) is 4.82. The van der Waals surface area contributed by atoms with E-state index < -0.39 is 0 Å². The molecule has 3 aromatic rings. The number of hydrogen-bond acceptors (Lipinski definition) is 3. The van der Waals surface area contributed by atoms with Crippen LogP contribution in [-0.2, 0) is 7.05 Å². The summed E-state index contributed by atoms with van der Waals surface area (Å²) in [4.78, 5) is 15.7. The van der Waals surface area contributed by atoms with Crippen molar-refractivity contribution < 1.29 is 9.53 Å². The fraction of sp³-hybridized carbons (Fsp3) is 0.308. The standard InChI is InChI=1S/C26H27N3O2/c1-28-25(21-14-6-8-16-24(21)31-20-12-3-2-4-13-20)22(18-27-28)26(30)29-17-9-11-19-10-5-7-15-23(19)29/h2-4,6,8,12-16,18-19H,5,7,9-11,17H2,1H3. The highest BCUT2D eigenvalue weighted by molar-refractivity contribution is 6.01. The second-order valence-electron chi connectivity index (χ2n) is 8.30. The van der Waals surface area contributed by atoms with Crippen LogP contribution in [0.3, 0.4) is 0 Å². The molecule has 1 fully saturated rings. The molecule has 1 aliphatic carbocycles. The number of amides is 1. The molecule has 2 aromatic carbocycles. The smallest absolute Gasteiger partial charge is 0.261 e. The van der Waals surface area contributed by atoms with Crippen LogP contribution in [0, 0.1) is 5.92 Å². The van der Waals surface area contributed by atoms with Crippen LogP contribution in [0.5, 0.6) is 11.5 Å².